The molecule has 1 amide bonds. The minimum Gasteiger partial charge on any atom is -0.481 e. The van der Waals surface area contributed by atoms with Gasteiger partial charge in [-0.05, 0) is 37.3 Å². The zero-order chi connectivity index (χ0) is 14.5. The second kappa shape index (κ2) is 6.50. The zero-order valence-electron chi connectivity index (χ0n) is 11.7. The largest absolute Gasteiger partial charge is 0.481 e. The molecule has 0 saturated heterocycles. The first-order valence-electron chi connectivity index (χ1n) is 6.94. The van der Waals surface area contributed by atoms with Gasteiger partial charge in [-0.25, -0.2) is 0 Å². The molecule has 1 aliphatic rings. The fourth-order valence-corrected chi connectivity index (χ4v) is 2.74. The Morgan fingerprint density at radius 3 is 2.50 bits per heavy atom. The second-order valence-electron chi connectivity index (χ2n) is 5.44. The third kappa shape index (κ3) is 3.56. The van der Waals surface area contributed by atoms with Crippen molar-refractivity contribution in [1.29, 1.82) is 0 Å². The van der Waals surface area contributed by atoms with Crippen molar-refractivity contribution in [3.8, 4) is 0 Å². The molecular formula is C15H20N2O3. The highest BCUT2D eigenvalue weighted by molar-refractivity contribution is 5.79. The third-order valence-electron chi connectivity index (χ3n) is 3.94. The maximum atomic E-state index is 12.3. The van der Waals surface area contributed by atoms with Gasteiger partial charge in [-0.15, -0.1) is 0 Å². The lowest BCUT2D eigenvalue weighted by Gasteiger charge is -2.29. The van der Waals surface area contributed by atoms with Gasteiger partial charge in [0.25, 0.3) is 0 Å². The van der Waals surface area contributed by atoms with E-state index in [0.29, 0.717) is 32.2 Å². The highest BCUT2D eigenvalue weighted by atomic mass is 16.4. The molecule has 2 rings (SSSR count). The molecule has 1 aliphatic carbocycles. The van der Waals surface area contributed by atoms with Gasteiger partial charge >= 0.3 is 5.97 Å². The van der Waals surface area contributed by atoms with E-state index in [1.165, 1.54) is 0 Å². The molecule has 0 radical (unpaired) electrons. The Bertz CT molecular complexity index is 467. The number of aromatic nitrogens is 1. The molecule has 0 atom stereocenters. The highest BCUT2D eigenvalue weighted by Crippen LogP contribution is 2.30. The van der Waals surface area contributed by atoms with Crippen molar-refractivity contribution in [3.05, 3.63) is 30.1 Å². The number of carbonyl (C=O) groups is 2. The van der Waals surface area contributed by atoms with Gasteiger partial charge < -0.3 is 10.0 Å². The van der Waals surface area contributed by atoms with Gasteiger partial charge in [-0.3, -0.25) is 14.6 Å². The van der Waals surface area contributed by atoms with Gasteiger partial charge in [-0.1, -0.05) is 6.07 Å². The van der Waals surface area contributed by atoms with Crippen molar-refractivity contribution in [2.24, 2.45) is 11.8 Å². The molecule has 108 valence electrons. The Labute approximate surface area is 118 Å². The SMILES string of the molecule is CN(Cc1cccnc1)C(=O)C1CCC(C(=O)O)CC1. The minimum absolute atomic E-state index is 0.0349. The molecule has 1 aromatic rings. The van der Waals surface area contributed by atoms with Crippen molar-refractivity contribution in [2.45, 2.75) is 32.2 Å². The van der Waals surface area contributed by atoms with E-state index in [1.54, 1.807) is 24.3 Å². The van der Waals surface area contributed by atoms with Crippen LogP contribution in [0.5, 0.6) is 0 Å². The van der Waals surface area contributed by atoms with Crippen molar-refractivity contribution in [1.82, 2.24) is 9.88 Å². The summed E-state index contributed by atoms with van der Waals surface area (Å²) in [4.78, 5) is 29.0. The van der Waals surface area contributed by atoms with E-state index < -0.39 is 5.97 Å². The number of carboxylic acids is 1. The fraction of sp³-hybridized carbons (Fsp3) is 0.533. The highest BCUT2D eigenvalue weighted by Gasteiger charge is 2.31. The number of rotatable bonds is 4. The van der Waals surface area contributed by atoms with E-state index >= 15 is 0 Å². The number of aliphatic carboxylic acids is 1. The molecule has 0 spiro atoms. The summed E-state index contributed by atoms with van der Waals surface area (Å²) in [6.07, 6.45) is 6.02. The lowest BCUT2D eigenvalue weighted by Crippen LogP contribution is -2.35. The van der Waals surface area contributed by atoms with Crippen LogP contribution in [0.4, 0.5) is 0 Å². The zero-order valence-corrected chi connectivity index (χ0v) is 11.7. The molecule has 1 aromatic heterocycles. The number of nitrogens with zero attached hydrogens (tertiary/aromatic N) is 2. The van der Waals surface area contributed by atoms with Gasteiger partial charge in [0.15, 0.2) is 0 Å². The number of amides is 1. The summed E-state index contributed by atoms with van der Waals surface area (Å²) in [6.45, 7) is 0.547. The van der Waals surface area contributed by atoms with E-state index in [4.69, 9.17) is 5.11 Å². The lowest BCUT2D eigenvalue weighted by atomic mass is 9.81. The Balaban J connectivity index is 1.87. The average molecular weight is 276 g/mol. The molecule has 5 heteroatoms. The Hall–Kier alpha value is -1.91. The van der Waals surface area contributed by atoms with Crippen LogP contribution in [0.3, 0.4) is 0 Å². The standard InChI is InChI=1S/C15H20N2O3/c1-17(10-11-3-2-8-16-9-11)14(18)12-4-6-13(7-5-12)15(19)20/h2-3,8-9,12-13H,4-7,10H2,1H3,(H,19,20). The first-order valence-corrected chi connectivity index (χ1v) is 6.94. The molecule has 1 N–H and O–H groups in total. The van der Waals surface area contributed by atoms with Crippen LogP contribution >= 0.6 is 0 Å². The van der Waals surface area contributed by atoms with E-state index in [2.05, 4.69) is 4.98 Å². The Morgan fingerprint density at radius 1 is 1.30 bits per heavy atom. The summed E-state index contributed by atoms with van der Waals surface area (Å²) in [5.41, 5.74) is 1.00. The van der Waals surface area contributed by atoms with E-state index in [1.807, 2.05) is 12.1 Å². The van der Waals surface area contributed by atoms with Gasteiger partial charge in [0, 0.05) is 31.9 Å². The van der Waals surface area contributed by atoms with E-state index in [-0.39, 0.29) is 17.7 Å². The molecule has 20 heavy (non-hydrogen) atoms. The van der Waals surface area contributed by atoms with E-state index in [9.17, 15) is 9.59 Å². The number of carbonyl (C=O) groups excluding carboxylic acids is 1. The van der Waals surface area contributed by atoms with Crippen molar-refractivity contribution in [2.75, 3.05) is 7.05 Å². The summed E-state index contributed by atoms with van der Waals surface area (Å²) in [7, 11) is 1.79. The van der Waals surface area contributed by atoms with Crippen LogP contribution in [0.25, 0.3) is 0 Å². The third-order valence-corrected chi connectivity index (χ3v) is 3.94. The molecular weight excluding hydrogens is 256 g/mol. The first-order chi connectivity index (χ1) is 9.58. The first kappa shape index (κ1) is 14.5. The number of hydrogen-bond donors (Lipinski definition) is 1. The van der Waals surface area contributed by atoms with Gasteiger partial charge in [0.2, 0.25) is 5.91 Å². The summed E-state index contributed by atoms with van der Waals surface area (Å²) >= 11 is 0. The molecule has 1 fully saturated rings. The van der Waals surface area contributed by atoms with Crippen LogP contribution in [0.15, 0.2) is 24.5 Å². The van der Waals surface area contributed by atoms with Crippen LogP contribution in [-0.4, -0.2) is 33.9 Å². The molecule has 0 unspecified atom stereocenters. The maximum absolute atomic E-state index is 12.3. The van der Waals surface area contributed by atoms with E-state index in [0.717, 1.165) is 5.56 Å². The van der Waals surface area contributed by atoms with Crippen LogP contribution in [-0.2, 0) is 16.1 Å². The van der Waals surface area contributed by atoms with Crippen molar-refractivity contribution < 1.29 is 14.7 Å². The Kier molecular flexibility index (Phi) is 4.71. The molecule has 0 bridgehead atoms. The van der Waals surface area contributed by atoms with Gasteiger partial charge in [-0.2, -0.15) is 0 Å². The second-order valence-corrected chi connectivity index (χ2v) is 5.44. The van der Waals surface area contributed by atoms with Gasteiger partial charge in [0.05, 0.1) is 5.92 Å². The summed E-state index contributed by atoms with van der Waals surface area (Å²) in [5.74, 6) is -0.938. The summed E-state index contributed by atoms with van der Waals surface area (Å²) in [6, 6.07) is 3.80. The maximum Gasteiger partial charge on any atom is 0.306 e. The van der Waals surface area contributed by atoms with Crippen LogP contribution in [0.1, 0.15) is 31.2 Å². The van der Waals surface area contributed by atoms with Crippen LogP contribution in [0.2, 0.25) is 0 Å². The predicted molar refractivity (Wildman–Crippen MR) is 73.8 cm³/mol. The molecule has 5 nitrogen and oxygen atoms in total. The predicted octanol–water partition coefficient (Wildman–Crippen LogP) is 1.93. The Morgan fingerprint density at radius 2 is 1.95 bits per heavy atom. The monoisotopic (exact) mass is 276 g/mol. The molecule has 1 heterocycles. The molecule has 0 aliphatic heterocycles. The van der Waals surface area contributed by atoms with Crippen LogP contribution in [0, 0.1) is 11.8 Å². The quantitative estimate of drug-likeness (QED) is 0.912. The molecule has 0 aromatic carbocycles. The summed E-state index contributed by atoms with van der Waals surface area (Å²) < 4.78 is 0. The van der Waals surface area contributed by atoms with Crippen molar-refractivity contribution >= 4 is 11.9 Å². The van der Waals surface area contributed by atoms with Gasteiger partial charge in [0.1, 0.15) is 0 Å². The normalized spacial score (nSPS) is 22.2. The smallest absolute Gasteiger partial charge is 0.306 e. The lowest BCUT2D eigenvalue weighted by molar-refractivity contribution is -0.145. The summed E-state index contributed by atoms with van der Waals surface area (Å²) in [5, 5.41) is 8.96. The van der Waals surface area contributed by atoms with Crippen molar-refractivity contribution in [3.63, 3.8) is 0 Å². The minimum atomic E-state index is -0.736. The molecule has 1 saturated carbocycles. The number of carboxylic acid groups (broad SMARTS) is 1. The van der Waals surface area contributed by atoms with Crippen LogP contribution < -0.4 is 0 Å². The topological polar surface area (TPSA) is 70.5 Å². The number of hydrogen-bond acceptors (Lipinski definition) is 3. The average Bonchev–Trinajstić information content (AvgIpc) is 2.47. The number of pyridine rings is 1. The fourth-order valence-electron chi connectivity index (χ4n) is 2.74.